The molecule has 2 aliphatic heterocycles. The largest absolute Gasteiger partial charge is 0.504 e. The summed E-state index contributed by atoms with van der Waals surface area (Å²) < 4.78 is 46.1. The van der Waals surface area contributed by atoms with E-state index >= 15 is 0 Å². The summed E-state index contributed by atoms with van der Waals surface area (Å²) in [5.41, 5.74) is 3.39. The van der Waals surface area contributed by atoms with Gasteiger partial charge in [-0.3, -0.25) is 4.90 Å². The highest BCUT2D eigenvalue weighted by Crippen LogP contribution is 2.65. The Morgan fingerprint density at radius 1 is 1.18 bits per heavy atom. The SMILES string of the molecule is CN(C)c1cc(O)c2c3c1C[C@@H]1[C@@H]4CC[C@@H](N(C)CC=Cc5cccc(C(F)(F)F)c5)[C@H](O2)[C@]34CCN1C. The Morgan fingerprint density at radius 3 is 2.71 bits per heavy atom. The third kappa shape index (κ3) is 3.74. The minimum absolute atomic E-state index is 0.0678. The first kappa shape index (κ1) is 25.6. The third-order valence-electron chi connectivity index (χ3n) is 9.63. The molecule has 2 heterocycles. The number of likely N-dealkylation sites (tertiary alicyclic amines) is 1. The van der Waals surface area contributed by atoms with Crippen molar-refractivity contribution < 1.29 is 23.0 Å². The Bertz CT molecular complexity index is 1280. The normalized spacial score (nSPS) is 30.0. The molecule has 0 aromatic heterocycles. The van der Waals surface area contributed by atoms with Gasteiger partial charge in [0.15, 0.2) is 11.5 Å². The van der Waals surface area contributed by atoms with Crippen molar-refractivity contribution in [1.82, 2.24) is 9.80 Å². The zero-order valence-electron chi connectivity index (χ0n) is 22.4. The molecule has 1 spiro atoms. The molecular formula is C30H36F3N3O2. The number of benzene rings is 2. The number of rotatable bonds is 5. The van der Waals surface area contributed by atoms with Gasteiger partial charge in [0.05, 0.1) is 5.56 Å². The van der Waals surface area contributed by atoms with Crippen LogP contribution >= 0.6 is 0 Å². The van der Waals surface area contributed by atoms with E-state index in [1.807, 2.05) is 26.2 Å². The van der Waals surface area contributed by atoms with Crippen LogP contribution in [-0.2, 0) is 18.0 Å². The van der Waals surface area contributed by atoms with Crippen LogP contribution in [0.25, 0.3) is 6.08 Å². The first-order valence-electron chi connectivity index (χ1n) is 13.5. The molecule has 5 nitrogen and oxygen atoms in total. The summed E-state index contributed by atoms with van der Waals surface area (Å²) in [5, 5.41) is 11.1. The Hall–Kier alpha value is -2.71. The molecule has 2 fully saturated rings. The third-order valence-corrected chi connectivity index (χ3v) is 9.63. The lowest BCUT2D eigenvalue weighted by molar-refractivity contribution is -0.137. The molecule has 38 heavy (non-hydrogen) atoms. The summed E-state index contributed by atoms with van der Waals surface area (Å²) in [6.07, 6.45) is 3.32. The maximum atomic E-state index is 13.1. The zero-order chi connectivity index (χ0) is 27.0. The quantitative estimate of drug-likeness (QED) is 0.582. The molecule has 2 aromatic rings. The van der Waals surface area contributed by atoms with Crippen molar-refractivity contribution >= 4 is 11.8 Å². The van der Waals surface area contributed by atoms with Crippen molar-refractivity contribution in [3.63, 3.8) is 0 Å². The van der Waals surface area contributed by atoms with E-state index in [0.717, 1.165) is 44.0 Å². The summed E-state index contributed by atoms with van der Waals surface area (Å²) in [4.78, 5) is 6.89. The molecule has 8 heteroatoms. The summed E-state index contributed by atoms with van der Waals surface area (Å²) >= 11 is 0. The van der Waals surface area contributed by atoms with Gasteiger partial charge in [-0.15, -0.1) is 0 Å². The molecule has 204 valence electrons. The number of anilines is 1. The van der Waals surface area contributed by atoms with Gasteiger partial charge in [-0.2, -0.15) is 13.2 Å². The fraction of sp³-hybridized carbons (Fsp3) is 0.533. The maximum absolute atomic E-state index is 13.1. The number of likely N-dealkylation sites (N-methyl/N-ethyl adjacent to an activating group) is 2. The van der Waals surface area contributed by atoms with Gasteiger partial charge < -0.3 is 19.6 Å². The number of hydrogen-bond acceptors (Lipinski definition) is 5. The molecular weight excluding hydrogens is 491 g/mol. The number of alkyl halides is 3. The van der Waals surface area contributed by atoms with Gasteiger partial charge in [0, 0.05) is 55.5 Å². The number of piperidine rings is 1. The van der Waals surface area contributed by atoms with Crippen LogP contribution in [0, 0.1) is 5.92 Å². The maximum Gasteiger partial charge on any atom is 0.416 e. The number of hydrogen-bond donors (Lipinski definition) is 1. The summed E-state index contributed by atoms with van der Waals surface area (Å²) in [6, 6.07) is 7.87. The lowest BCUT2D eigenvalue weighted by Crippen LogP contribution is -2.68. The monoisotopic (exact) mass is 527 g/mol. The average Bonchev–Trinajstić information content (AvgIpc) is 3.22. The van der Waals surface area contributed by atoms with Crippen LogP contribution in [0.1, 0.15) is 41.5 Å². The minimum atomic E-state index is -4.35. The van der Waals surface area contributed by atoms with Crippen molar-refractivity contribution in [3.05, 3.63) is 58.7 Å². The highest BCUT2D eigenvalue weighted by Gasteiger charge is 2.66. The van der Waals surface area contributed by atoms with Crippen LogP contribution in [0.4, 0.5) is 18.9 Å². The first-order valence-corrected chi connectivity index (χ1v) is 13.5. The number of halogens is 3. The van der Waals surface area contributed by atoms with E-state index in [-0.39, 0.29) is 23.3 Å². The van der Waals surface area contributed by atoms with Crippen molar-refractivity contribution in [2.24, 2.45) is 5.92 Å². The summed E-state index contributed by atoms with van der Waals surface area (Å²) in [6.45, 7) is 1.60. The Morgan fingerprint density at radius 2 is 1.97 bits per heavy atom. The molecule has 4 aliphatic rings. The number of phenols is 1. The van der Waals surface area contributed by atoms with Crippen LogP contribution in [-0.4, -0.2) is 74.4 Å². The van der Waals surface area contributed by atoms with Crippen LogP contribution in [0.3, 0.4) is 0 Å². The summed E-state index contributed by atoms with van der Waals surface area (Å²) in [5.74, 6) is 1.36. The van der Waals surface area contributed by atoms with Gasteiger partial charge in [0.1, 0.15) is 6.10 Å². The van der Waals surface area contributed by atoms with Gasteiger partial charge in [-0.05, 0) is 75.5 Å². The van der Waals surface area contributed by atoms with Crippen molar-refractivity contribution in [2.45, 2.75) is 55.5 Å². The highest BCUT2D eigenvalue weighted by molar-refractivity contribution is 5.71. The molecule has 0 radical (unpaired) electrons. The lowest BCUT2D eigenvalue weighted by atomic mass is 9.51. The van der Waals surface area contributed by atoms with Crippen molar-refractivity contribution in [1.29, 1.82) is 0 Å². The van der Waals surface area contributed by atoms with Gasteiger partial charge in [0.2, 0.25) is 0 Å². The fourth-order valence-electron chi connectivity index (χ4n) is 7.94. The van der Waals surface area contributed by atoms with Crippen LogP contribution < -0.4 is 9.64 Å². The van der Waals surface area contributed by atoms with Crippen LogP contribution in [0.5, 0.6) is 11.5 Å². The molecule has 2 aromatic carbocycles. The van der Waals surface area contributed by atoms with Crippen molar-refractivity contribution in [2.75, 3.05) is 46.2 Å². The van der Waals surface area contributed by atoms with Crippen LogP contribution in [0.2, 0.25) is 0 Å². The smallest absolute Gasteiger partial charge is 0.416 e. The number of ether oxygens (including phenoxy) is 1. The number of aromatic hydroxyl groups is 1. The second-order valence-electron chi connectivity index (χ2n) is 11.8. The molecule has 1 N–H and O–H groups in total. The fourth-order valence-corrected chi connectivity index (χ4v) is 7.94. The number of phenolic OH excluding ortho intramolecular Hbond substituents is 1. The Balaban J connectivity index is 1.31. The Labute approximate surface area is 222 Å². The standard InChI is InChI=1S/C30H36F3N3O2/c1-34(2)23-17-25(37)27-26-20(23)16-24-21-10-11-22(28(38-27)29(21,26)12-14-36(24)4)35(3)13-6-8-18-7-5-9-19(15-18)30(31,32)33/h5-9,15,17,21-22,24,28,37H,10-14,16H2,1-4H3/t21-,22+,24+,28-,29-/m0/s1. The van der Waals surface area contributed by atoms with E-state index in [9.17, 15) is 18.3 Å². The van der Waals surface area contributed by atoms with Gasteiger partial charge in [-0.25, -0.2) is 0 Å². The predicted molar refractivity (Wildman–Crippen MR) is 143 cm³/mol. The second-order valence-corrected chi connectivity index (χ2v) is 11.8. The molecule has 0 amide bonds. The molecule has 5 atom stereocenters. The molecule has 2 aliphatic carbocycles. The van der Waals surface area contributed by atoms with Crippen molar-refractivity contribution in [3.8, 4) is 11.5 Å². The van der Waals surface area contributed by atoms with Gasteiger partial charge >= 0.3 is 6.18 Å². The van der Waals surface area contributed by atoms with E-state index in [1.165, 1.54) is 23.3 Å². The Kier molecular flexibility index (Phi) is 6.00. The van der Waals surface area contributed by atoms with Gasteiger partial charge in [0.25, 0.3) is 0 Å². The second kappa shape index (κ2) is 8.91. The predicted octanol–water partition coefficient (Wildman–Crippen LogP) is 5.16. The molecule has 2 bridgehead atoms. The molecule has 6 rings (SSSR count). The van der Waals surface area contributed by atoms with E-state index in [0.29, 0.717) is 29.8 Å². The molecule has 1 saturated carbocycles. The van der Waals surface area contributed by atoms with Gasteiger partial charge in [-0.1, -0.05) is 24.3 Å². The van der Waals surface area contributed by atoms with E-state index < -0.39 is 11.7 Å². The highest BCUT2D eigenvalue weighted by atomic mass is 19.4. The lowest BCUT2D eigenvalue weighted by Gasteiger charge is -2.60. The molecule has 0 unspecified atom stereocenters. The number of nitrogens with zero attached hydrogens (tertiary/aromatic N) is 3. The topological polar surface area (TPSA) is 39.2 Å². The minimum Gasteiger partial charge on any atom is -0.504 e. The van der Waals surface area contributed by atoms with E-state index in [1.54, 1.807) is 12.1 Å². The first-order chi connectivity index (χ1) is 18.0. The molecule has 1 saturated heterocycles. The average molecular weight is 528 g/mol. The van der Waals surface area contributed by atoms with E-state index in [2.05, 4.69) is 28.8 Å². The zero-order valence-corrected chi connectivity index (χ0v) is 22.4. The summed E-state index contributed by atoms with van der Waals surface area (Å²) in [7, 11) is 8.37. The van der Waals surface area contributed by atoms with E-state index in [4.69, 9.17) is 4.74 Å². The van der Waals surface area contributed by atoms with Crippen LogP contribution in [0.15, 0.2) is 36.4 Å².